The summed E-state index contributed by atoms with van der Waals surface area (Å²) in [6.07, 6.45) is 1.67. The van der Waals surface area contributed by atoms with Crippen molar-refractivity contribution in [2.75, 3.05) is 5.73 Å². The van der Waals surface area contributed by atoms with Crippen molar-refractivity contribution in [1.29, 1.82) is 0 Å². The van der Waals surface area contributed by atoms with Crippen molar-refractivity contribution in [3.63, 3.8) is 0 Å². The highest BCUT2D eigenvalue weighted by Gasteiger charge is 2.02. The van der Waals surface area contributed by atoms with Gasteiger partial charge in [0.1, 0.15) is 0 Å². The van der Waals surface area contributed by atoms with Crippen molar-refractivity contribution < 1.29 is 0 Å². The Morgan fingerprint density at radius 3 is 3.07 bits per heavy atom. The summed E-state index contributed by atoms with van der Waals surface area (Å²) in [5.41, 5.74) is 6.28. The van der Waals surface area contributed by atoms with E-state index in [1.54, 1.807) is 12.3 Å². The third kappa shape index (κ3) is 2.84. The first-order valence-corrected chi connectivity index (χ1v) is 5.51. The fraction of sp³-hybridized carbons (Fsp3) is 0.125. The molecule has 2 heterocycles. The molecule has 3 N–H and O–H groups in total. The monoisotopic (exact) mass is 241 g/mol. The molecule has 0 aromatic carbocycles. The lowest BCUT2D eigenvalue weighted by Gasteiger charge is -1.97. The van der Waals surface area contributed by atoms with E-state index in [1.165, 1.54) is 11.8 Å². The van der Waals surface area contributed by atoms with Crippen LogP contribution in [0.2, 0.25) is 5.02 Å². The molecule has 78 valence electrons. The van der Waals surface area contributed by atoms with Crippen LogP contribution in [0.1, 0.15) is 5.69 Å². The fourth-order valence-corrected chi connectivity index (χ4v) is 1.88. The summed E-state index contributed by atoms with van der Waals surface area (Å²) >= 11 is 7.27. The van der Waals surface area contributed by atoms with E-state index >= 15 is 0 Å². The molecule has 15 heavy (non-hydrogen) atoms. The summed E-state index contributed by atoms with van der Waals surface area (Å²) in [7, 11) is 0. The fourth-order valence-electron chi connectivity index (χ4n) is 0.989. The van der Waals surface area contributed by atoms with Gasteiger partial charge in [-0.1, -0.05) is 23.4 Å². The number of hydrogen-bond acceptors (Lipinski definition) is 5. The maximum atomic E-state index is 5.82. The van der Waals surface area contributed by atoms with Crippen LogP contribution in [-0.2, 0) is 5.75 Å². The maximum absolute atomic E-state index is 5.82. The van der Waals surface area contributed by atoms with Gasteiger partial charge in [0.25, 0.3) is 0 Å². The summed E-state index contributed by atoms with van der Waals surface area (Å²) in [5, 5.41) is 7.74. The molecule has 0 saturated carbocycles. The average molecular weight is 242 g/mol. The lowest BCUT2D eigenvalue weighted by Crippen LogP contribution is -1.87. The Kier molecular flexibility index (Phi) is 3.08. The van der Waals surface area contributed by atoms with Crippen LogP contribution in [0.4, 0.5) is 5.95 Å². The minimum atomic E-state index is 0.316. The quantitative estimate of drug-likeness (QED) is 0.800. The van der Waals surface area contributed by atoms with Gasteiger partial charge in [-0.2, -0.15) is 4.98 Å². The zero-order valence-electron chi connectivity index (χ0n) is 7.64. The molecule has 0 amide bonds. The van der Waals surface area contributed by atoms with Crippen molar-refractivity contribution in [2.24, 2.45) is 0 Å². The Morgan fingerprint density at radius 1 is 1.53 bits per heavy atom. The second kappa shape index (κ2) is 4.50. The van der Waals surface area contributed by atoms with Gasteiger partial charge in [-0.15, -0.1) is 5.10 Å². The van der Waals surface area contributed by atoms with Crippen molar-refractivity contribution in [2.45, 2.75) is 10.9 Å². The lowest BCUT2D eigenvalue weighted by molar-refractivity contribution is 0.971. The topological polar surface area (TPSA) is 80.5 Å². The molecule has 0 aliphatic heterocycles. The van der Waals surface area contributed by atoms with Gasteiger partial charge >= 0.3 is 0 Å². The molecule has 0 unspecified atom stereocenters. The third-order valence-electron chi connectivity index (χ3n) is 1.61. The Bertz CT molecular complexity index is 458. The second-order valence-corrected chi connectivity index (χ2v) is 4.14. The molecule has 2 aromatic heterocycles. The average Bonchev–Trinajstić information content (AvgIpc) is 2.62. The number of H-pyrrole nitrogens is 1. The van der Waals surface area contributed by atoms with Gasteiger partial charge in [0.2, 0.25) is 11.1 Å². The van der Waals surface area contributed by atoms with Gasteiger partial charge in [-0.25, -0.2) is 5.10 Å². The largest absolute Gasteiger partial charge is 0.368 e. The molecular weight excluding hydrogens is 234 g/mol. The van der Waals surface area contributed by atoms with Crippen LogP contribution in [0.3, 0.4) is 0 Å². The highest BCUT2D eigenvalue weighted by molar-refractivity contribution is 7.98. The van der Waals surface area contributed by atoms with Gasteiger partial charge in [0, 0.05) is 17.0 Å². The molecule has 0 bridgehead atoms. The number of halogens is 1. The standard InChI is InChI=1S/C8H8ClN5S/c9-5-1-2-11-6(3-5)4-15-8-12-7(10)13-14-8/h1-3H,4H2,(H3,10,12,13,14). The Labute approximate surface area is 95.5 Å². The highest BCUT2D eigenvalue weighted by Crippen LogP contribution is 2.19. The number of thioether (sulfide) groups is 1. The zero-order valence-corrected chi connectivity index (χ0v) is 9.22. The van der Waals surface area contributed by atoms with E-state index < -0.39 is 0 Å². The van der Waals surface area contributed by atoms with Crippen LogP contribution < -0.4 is 5.73 Å². The van der Waals surface area contributed by atoms with Crippen molar-refractivity contribution in [3.05, 3.63) is 29.0 Å². The predicted octanol–water partition coefficient (Wildman–Crippen LogP) is 1.73. The first-order valence-electron chi connectivity index (χ1n) is 4.15. The zero-order chi connectivity index (χ0) is 10.7. The van der Waals surface area contributed by atoms with Crippen LogP contribution in [0, 0.1) is 0 Å². The normalized spacial score (nSPS) is 10.5. The predicted molar refractivity (Wildman–Crippen MR) is 59.6 cm³/mol. The van der Waals surface area contributed by atoms with E-state index in [1.807, 2.05) is 6.07 Å². The van der Waals surface area contributed by atoms with Crippen molar-refractivity contribution in [3.8, 4) is 0 Å². The van der Waals surface area contributed by atoms with Gasteiger partial charge in [0.15, 0.2) is 0 Å². The minimum absolute atomic E-state index is 0.316. The molecular formula is C8H8ClN5S. The number of aromatic amines is 1. The summed E-state index contributed by atoms with van der Waals surface area (Å²) in [6, 6.07) is 3.55. The number of aromatic nitrogens is 4. The van der Waals surface area contributed by atoms with Crippen LogP contribution in [0.15, 0.2) is 23.5 Å². The number of nitrogens with one attached hydrogen (secondary N) is 1. The van der Waals surface area contributed by atoms with Gasteiger partial charge in [-0.3, -0.25) is 4.98 Å². The smallest absolute Gasteiger partial charge is 0.216 e. The number of pyridine rings is 1. The Morgan fingerprint density at radius 2 is 2.40 bits per heavy atom. The van der Waals surface area contributed by atoms with Gasteiger partial charge in [0.05, 0.1) is 5.69 Å². The van der Waals surface area contributed by atoms with E-state index in [-0.39, 0.29) is 0 Å². The lowest BCUT2D eigenvalue weighted by atomic mass is 10.4. The molecule has 2 aromatic rings. The molecule has 0 aliphatic rings. The van der Waals surface area contributed by atoms with Crippen LogP contribution in [-0.4, -0.2) is 20.2 Å². The summed E-state index contributed by atoms with van der Waals surface area (Å²) < 4.78 is 0. The Balaban J connectivity index is 1.99. The third-order valence-corrected chi connectivity index (χ3v) is 2.73. The molecule has 7 heteroatoms. The summed E-state index contributed by atoms with van der Waals surface area (Å²) in [5.74, 6) is 0.981. The van der Waals surface area contributed by atoms with E-state index in [0.29, 0.717) is 21.9 Å². The van der Waals surface area contributed by atoms with E-state index in [4.69, 9.17) is 17.3 Å². The van der Waals surface area contributed by atoms with Gasteiger partial charge < -0.3 is 5.73 Å². The number of anilines is 1. The van der Waals surface area contributed by atoms with Crippen LogP contribution in [0.25, 0.3) is 0 Å². The molecule has 0 radical (unpaired) electrons. The molecule has 0 fully saturated rings. The minimum Gasteiger partial charge on any atom is -0.368 e. The molecule has 0 saturated heterocycles. The van der Waals surface area contributed by atoms with Crippen LogP contribution in [0.5, 0.6) is 0 Å². The molecule has 5 nitrogen and oxygen atoms in total. The van der Waals surface area contributed by atoms with E-state index in [2.05, 4.69) is 20.2 Å². The summed E-state index contributed by atoms with van der Waals surface area (Å²) in [6.45, 7) is 0. The van der Waals surface area contributed by atoms with Gasteiger partial charge in [-0.05, 0) is 12.1 Å². The Hall–Kier alpha value is -1.27. The van der Waals surface area contributed by atoms with E-state index in [0.717, 1.165) is 5.69 Å². The SMILES string of the molecule is Nc1nc(SCc2cc(Cl)ccn2)n[nH]1. The first-order chi connectivity index (χ1) is 7.24. The number of nitrogens with two attached hydrogens (primary N) is 1. The summed E-state index contributed by atoms with van der Waals surface area (Å²) in [4.78, 5) is 8.12. The highest BCUT2D eigenvalue weighted by atomic mass is 35.5. The van der Waals surface area contributed by atoms with Crippen molar-refractivity contribution in [1.82, 2.24) is 20.2 Å². The van der Waals surface area contributed by atoms with E-state index in [9.17, 15) is 0 Å². The number of nitrogen functional groups attached to an aromatic ring is 1. The molecule has 0 aliphatic carbocycles. The number of nitrogens with zero attached hydrogens (tertiary/aromatic N) is 3. The molecule has 0 atom stereocenters. The number of rotatable bonds is 3. The van der Waals surface area contributed by atoms with Crippen LogP contribution >= 0.6 is 23.4 Å². The first kappa shape index (κ1) is 10.3. The molecule has 2 rings (SSSR count). The maximum Gasteiger partial charge on any atom is 0.216 e. The molecule has 0 spiro atoms. The second-order valence-electron chi connectivity index (χ2n) is 2.76. The van der Waals surface area contributed by atoms with Crippen molar-refractivity contribution >= 4 is 29.3 Å². The number of hydrogen-bond donors (Lipinski definition) is 2.